The SMILES string of the molecule is CCC(C(=O)O)c1cccc(C(NC(=O)COc2ccccc2)c2cc(Cl)c3cccnc3c2O)c1. The van der Waals surface area contributed by atoms with Gasteiger partial charge in [-0.25, -0.2) is 0 Å². The van der Waals surface area contributed by atoms with Crippen LogP contribution in [0.5, 0.6) is 11.5 Å². The first kappa shape index (κ1) is 25.0. The predicted octanol–water partition coefficient (Wildman–Crippen LogP) is 5.46. The second-order valence-electron chi connectivity index (χ2n) is 8.27. The van der Waals surface area contributed by atoms with Crippen molar-refractivity contribution in [2.45, 2.75) is 25.3 Å². The molecule has 3 aromatic carbocycles. The molecule has 3 N–H and O–H groups in total. The highest BCUT2D eigenvalue weighted by Crippen LogP contribution is 2.39. The number of carbonyl (C=O) groups excluding carboxylic acids is 1. The van der Waals surface area contributed by atoms with E-state index >= 15 is 0 Å². The number of ether oxygens (including phenoxy) is 1. The minimum absolute atomic E-state index is 0.125. The van der Waals surface area contributed by atoms with Gasteiger partial charge in [0.1, 0.15) is 17.0 Å². The minimum Gasteiger partial charge on any atom is -0.505 e. The van der Waals surface area contributed by atoms with Gasteiger partial charge in [0, 0.05) is 17.1 Å². The fraction of sp³-hybridized carbons (Fsp3) is 0.179. The van der Waals surface area contributed by atoms with E-state index in [4.69, 9.17) is 16.3 Å². The largest absolute Gasteiger partial charge is 0.505 e. The molecule has 0 saturated carbocycles. The lowest BCUT2D eigenvalue weighted by Gasteiger charge is -2.23. The minimum atomic E-state index is -0.938. The number of phenols is 1. The molecule has 0 bridgehead atoms. The maximum atomic E-state index is 13.0. The van der Waals surface area contributed by atoms with E-state index in [0.717, 1.165) is 0 Å². The van der Waals surface area contributed by atoms with Crippen LogP contribution in [0.1, 0.15) is 42.0 Å². The molecule has 0 radical (unpaired) electrons. The fourth-order valence-electron chi connectivity index (χ4n) is 4.14. The van der Waals surface area contributed by atoms with Gasteiger partial charge in [-0.15, -0.1) is 0 Å². The van der Waals surface area contributed by atoms with Crippen molar-refractivity contribution < 1.29 is 24.5 Å². The molecular weight excluding hydrogens is 480 g/mol. The quantitative estimate of drug-likeness (QED) is 0.279. The van der Waals surface area contributed by atoms with E-state index in [1.807, 2.05) is 6.07 Å². The third-order valence-corrected chi connectivity index (χ3v) is 6.24. The Morgan fingerprint density at radius 1 is 1.03 bits per heavy atom. The molecule has 2 unspecified atom stereocenters. The lowest BCUT2D eigenvalue weighted by atomic mass is 9.90. The van der Waals surface area contributed by atoms with Crippen LogP contribution in [0, 0.1) is 0 Å². The molecule has 0 aliphatic heterocycles. The predicted molar refractivity (Wildman–Crippen MR) is 137 cm³/mol. The van der Waals surface area contributed by atoms with Crippen molar-refractivity contribution in [3.05, 3.63) is 101 Å². The average Bonchev–Trinajstić information content (AvgIpc) is 2.89. The summed E-state index contributed by atoms with van der Waals surface area (Å²) in [6, 6.07) is 20.1. The molecule has 8 heteroatoms. The van der Waals surface area contributed by atoms with E-state index in [-0.39, 0.29) is 12.4 Å². The molecule has 1 amide bonds. The lowest BCUT2D eigenvalue weighted by molar-refractivity contribution is -0.138. The zero-order chi connectivity index (χ0) is 25.7. The molecule has 2 atom stereocenters. The second-order valence-corrected chi connectivity index (χ2v) is 8.67. The number of hydrogen-bond donors (Lipinski definition) is 3. The Morgan fingerprint density at radius 3 is 2.50 bits per heavy atom. The topological polar surface area (TPSA) is 109 Å². The van der Waals surface area contributed by atoms with E-state index in [2.05, 4.69) is 10.3 Å². The Balaban J connectivity index is 1.75. The number of phenolic OH excluding ortho intramolecular Hbond substituents is 1. The average molecular weight is 505 g/mol. The normalized spacial score (nSPS) is 12.6. The van der Waals surface area contributed by atoms with Crippen molar-refractivity contribution in [3.63, 3.8) is 0 Å². The molecule has 0 aliphatic rings. The van der Waals surface area contributed by atoms with Crippen LogP contribution in [0.25, 0.3) is 10.9 Å². The van der Waals surface area contributed by atoms with Crippen LogP contribution >= 0.6 is 11.6 Å². The molecule has 0 saturated heterocycles. The van der Waals surface area contributed by atoms with Crippen LogP contribution in [-0.4, -0.2) is 33.7 Å². The Bertz CT molecular complexity index is 1390. The van der Waals surface area contributed by atoms with Gasteiger partial charge in [-0.05, 0) is 47.9 Å². The van der Waals surface area contributed by atoms with Gasteiger partial charge in [-0.1, -0.05) is 61.0 Å². The number of fused-ring (bicyclic) bond motifs is 1. The Kier molecular flexibility index (Phi) is 7.71. The lowest BCUT2D eigenvalue weighted by Crippen LogP contribution is -2.33. The molecule has 184 valence electrons. The standard InChI is InChI=1S/C28H25ClN2O5/c1-2-20(28(34)35)17-8-6-9-18(14-17)25(31-24(32)16-36-19-10-4-3-5-11-19)22-15-23(29)21-12-7-13-30-26(21)27(22)33/h3-15,20,25,33H,2,16H2,1H3,(H,31,32)(H,34,35). The molecule has 4 aromatic rings. The van der Waals surface area contributed by atoms with Gasteiger partial charge in [-0.3, -0.25) is 14.6 Å². The third kappa shape index (κ3) is 5.42. The molecule has 0 aliphatic carbocycles. The van der Waals surface area contributed by atoms with Gasteiger partial charge in [0.05, 0.1) is 17.0 Å². The summed E-state index contributed by atoms with van der Waals surface area (Å²) in [4.78, 5) is 29.0. The maximum Gasteiger partial charge on any atom is 0.310 e. The second kappa shape index (κ2) is 11.1. The van der Waals surface area contributed by atoms with Crippen LogP contribution in [0.15, 0.2) is 79.0 Å². The smallest absolute Gasteiger partial charge is 0.310 e. The highest BCUT2D eigenvalue weighted by Gasteiger charge is 2.25. The molecular formula is C28H25ClN2O5. The molecule has 7 nitrogen and oxygen atoms in total. The number of aliphatic carboxylic acids is 1. The molecule has 0 fully saturated rings. The molecule has 0 spiro atoms. The summed E-state index contributed by atoms with van der Waals surface area (Å²) in [5, 5.41) is 24.6. The number of amides is 1. The number of benzene rings is 3. The number of halogens is 1. The summed E-state index contributed by atoms with van der Waals surface area (Å²) in [6.45, 7) is 1.54. The van der Waals surface area contributed by atoms with E-state index < -0.39 is 23.8 Å². The first-order valence-corrected chi connectivity index (χ1v) is 11.8. The van der Waals surface area contributed by atoms with Gasteiger partial charge in [0.15, 0.2) is 6.61 Å². The Hall–Kier alpha value is -4.10. The van der Waals surface area contributed by atoms with Crippen LogP contribution in [0.4, 0.5) is 0 Å². The number of carboxylic acid groups (broad SMARTS) is 1. The maximum absolute atomic E-state index is 13.0. The molecule has 4 rings (SSSR count). The van der Waals surface area contributed by atoms with Crippen LogP contribution < -0.4 is 10.1 Å². The highest BCUT2D eigenvalue weighted by molar-refractivity contribution is 6.35. The van der Waals surface area contributed by atoms with Crippen molar-refractivity contribution in [2.75, 3.05) is 6.61 Å². The summed E-state index contributed by atoms with van der Waals surface area (Å²) in [5.41, 5.74) is 1.81. The number of carbonyl (C=O) groups is 2. The summed E-state index contributed by atoms with van der Waals surface area (Å²) in [6.07, 6.45) is 1.94. The Morgan fingerprint density at radius 2 is 1.78 bits per heavy atom. The van der Waals surface area contributed by atoms with E-state index in [9.17, 15) is 19.8 Å². The number of nitrogens with zero attached hydrogens (tertiary/aromatic N) is 1. The van der Waals surface area contributed by atoms with Gasteiger partial charge >= 0.3 is 5.97 Å². The van der Waals surface area contributed by atoms with Crippen LogP contribution in [0.3, 0.4) is 0 Å². The summed E-state index contributed by atoms with van der Waals surface area (Å²) >= 11 is 6.52. The molecule has 1 aromatic heterocycles. The third-order valence-electron chi connectivity index (χ3n) is 5.93. The van der Waals surface area contributed by atoms with E-state index in [0.29, 0.717) is 44.8 Å². The summed E-state index contributed by atoms with van der Waals surface area (Å²) in [5.74, 6) is -1.67. The number of carboxylic acids is 1. The van der Waals surface area contributed by atoms with Crippen molar-refractivity contribution >= 4 is 34.4 Å². The fourth-order valence-corrected chi connectivity index (χ4v) is 4.41. The van der Waals surface area contributed by atoms with Crippen molar-refractivity contribution in [1.29, 1.82) is 0 Å². The van der Waals surface area contributed by atoms with Gasteiger partial charge in [-0.2, -0.15) is 0 Å². The first-order valence-electron chi connectivity index (χ1n) is 11.4. The monoisotopic (exact) mass is 504 g/mol. The van der Waals surface area contributed by atoms with Crippen molar-refractivity contribution in [3.8, 4) is 11.5 Å². The van der Waals surface area contributed by atoms with Gasteiger partial charge in [0.2, 0.25) is 0 Å². The number of aromatic nitrogens is 1. The molecule has 1 heterocycles. The van der Waals surface area contributed by atoms with Gasteiger partial charge < -0.3 is 20.3 Å². The first-order chi connectivity index (χ1) is 17.4. The number of aromatic hydroxyl groups is 1. The van der Waals surface area contributed by atoms with Crippen LogP contribution in [-0.2, 0) is 9.59 Å². The number of hydrogen-bond acceptors (Lipinski definition) is 5. The summed E-state index contributed by atoms with van der Waals surface area (Å²) < 4.78 is 5.58. The van der Waals surface area contributed by atoms with Gasteiger partial charge in [0.25, 0.3) is 5.91 Å². The van der Waals surface area contributed by atoms with E-state index in [1.165, 1.54) is 0 Å². The summed E-state index contributed by atoms with van der Waals surface area (Å²) in [7, 11) is 0. The van der Waals surface area contributed by atoms with Crippen molar-refractivity contribution in [2.24, 2.45) is 0 Å². The number of pyridine rings is 1. The number of rotatable bonds is 9. The van der Waals surface area contributed by atoms with Crippen molar-refractivity contribution in [1.82, 2.24) is 10.3 Å². The zero-order valence-electron chi connectivity index (χ0n) is 19.5. The van der Waals surface area contributed by atoms with Crippen LogP contribution in [0.2, 0.25) is 5.02 Å². The Labute approximate surface area is 213 Å². The van der Waals surface area contributed by atoms with E-state index in [1.54, 1.807) is 79.9 Å². The highest BCUT2D eigenvalue weighted by atomic mass is 35.5. The molecule has 36 heavy (non-hydrogen) atoms. The zero-order valence-corrected chi connectivity index (χ0v) is 20.3. The number of para-hydroxylation sites is 1. The number of nitrogens with one attached hydrogen (secondary N) is 1.